The molecule has 0 aliphatic rings. The summed E-state index contributed by atoms with van der Waals surface area (Å²) >= 11 is 6.14. The van der Waals surface area contributed by atoms with Gasteiger partial charge in [-0.3, -0.25) is 4.90 Å². The van der Waals surface area contributed by atoms with E-state index in [2.05, 4.69) is 24.8 Å². The molecule has 0 aliphatic carbocycles. The van der Waals surface area contributed by atoms with Crippen LogP contribution in [-0.2, 0) is 13.1 Å². The number of hydrogen-bond acceptors (Lipinski definition) is 2. The van der Waals surface area contributed by atoms with Crippen LogP contribution < -0.4 is 5.73 Å². The van der Waals surface area contributed by atoms with Crippen LogP contribution >= 0.6 is 11.6 Å². The third-order valence-electron chi connectivity index (χ3n) is 2.63. The van der Waals surface area contributed by atoms with Gasteiger partial charge < -0.3 is 5.73 Å². The molecule has 0 heterocycles. The lowest BCUT2D eigenvalue weighted by Gasteiger charge is -2.19. The van der Waals surface area contributed by atoms with Crippen molar-refractivity contribution in [2.75, 3.05) is 13.1 Å². The zero-order valence-electron chi connectivity index (χ0n) is 9.46. The van der Waals surface area contributed by atoms with Crippen molar-refractivity contribution in [2.24, 2.45) is 5.73 Å². The standard InChI is InChI=1S/C12H19ClN2/c1-3-15(4-2)9-11-7-10(8-14)5-6-12(11)13/h5-7H,3-4,8-9,14H2,1-2H3. The Bertz CT molecular complexity index is 308. The maximum atomic E-state index is 6.14. The molecule has 2 nitrogen and oxygen atoms in total. The molecule has 0 amide bonds. The van der Waals surface area contributed by atoms with Crippen LogP contribution in [0.1, 0.15) is 25.0 Å². The molecular formula is C12H19ClN2. The van der Waals surface area contributed by atoms with Gasteiger partial charge in [-0.25, -0.2) is 0 Å². The van der Waals surface area contributed by atoms with E-state index in [-0.39, 0.29) is 0 Å². The normalized spacial score (nSPS) is 11.0. The van der Waals surface area contributed by atoms with Crippen molar-refractivity contribution in [1.82, 2.24) is 4.90 Å². The van der Waals surface area contributed by atoms with Crippen LogP contribution in [0.5, 0.6) is 0 Å². The highest BCUT2D eigenvalue weighted by Crippen LogP contribution is 2.19. The Balaban J connectivity index is 2.82. The summed E-state index contributed by atoms with van der Waals surface area (Å²) in [5.74, 6) is 0. The van der Waals surface area contributed by atoms with E-state index in [0.29, 0.717) is 6.54 Å². The first-order valence-corrected chi connectivity index (χ1v) is 5.78. The molecule has 15 heavy (non-hydrogen) atoms. The molecule has 84 valence electrons. The molecule has 3 heteroatoms. The molecule has 0 saturated carbocycles. The Morgan fingerprint density at radius 1 is 1.27 bits per heavy atom. The number of halogens is 1. The van der Waals surface area contributed by atoms with Crippen molar-refractivity contribution in [1.29, 1.82) is 0 Å². The summed E-state index contributed by atoms with van der Waals surface area (Å²) in [7, 11) is 0. The molecule has 0 unspecified atom stereocenters. The van der Waals surface area contributed by atoms with Gasteiger partial charge in [0.25, 0.3) is 0 Å². The van der Waals surface area contributed by atoms with E-state index in [1.165, 1.54) is 5.56 Å². The molecule has 1 aromatic carbocycles. The molecule has 0 spiro atoms. The summed E-state index contributed by atoms with van der Waals surface area (Å²) in [6.07, 6.45) is 0. The molecule has 1 rings (SSSR count). The van der Waals surface area contributed by atoms with Crippen LogP contribution in [0, 0.1) is 0 Å². The average Bonchev–Trinajstić information content (AvgIpc) is 2.28. The summed E-state index contributed by atoms with van der Waals surface area (Å²) < 4.78 is 0. The van der Waals surface area contributed by atoms with Crippen LogP contribution in [0.25, 0.3) is 0 Å². The van der Waals surface area contributed by atoms with Gasteiger partial charge in [0, 0.05) is 18.1 Å². The van der Waals surface area contributed by atoms with E-state index < -0.39 is 0 Å². The van der Waals surface area contributed by atoms with Crippen molar-refractivity contribution in [3.05, 3.63) is 34.3 Å². The number of hydrogen-bond donors (Lipinski definition) is 1. The maximum Gasteiger partial charge on any atom is 0.0451 e. The third-order valence-corrected chi connectivity index (χ3v) is 3.00. The van der Waals surface area contributed by atoms with Crippen molar-refractivity contribution in [3.63, 3.8) is 0 Å². The second-order valence-corrected chi connectivity index (χ2v) is 4.00. The van der Waals surface area contributed by atoms with Gasteiger partial charge in [0.2, 0.25) is 0 Å². The maximum absolute atomic E-state index is 6.14. The molecule has 0 bridgehead atoms. The summed E-state index contributed by atoms with van der Waals surface area (Å²) in [4.78, 5) is 2.33. The van der Waals surface area contributed by atoms with Gasteiger partial charge in [0.05, 0.1) is 0 Å². The third kappa shape index (κ3) is 3.49. The Kier molecular flexibility index (Phi) is 5.09. The van der Waals surface area contributed by atoms with Crippen molar-refractivity contribution < 1.29 is 0 Å². The van der Waals surface area contributed by atoms with E-state index in [1.807, 2.05) is 12.1 Å². The number of nitrogens with two attached hydrogens (primary N) is 1. The van der Waals surface area contributed by atoms with Crippen LogP contribution in [0.4, 0.5) is 0 Å². The Labute approximate surface area is 97.0 Å². The summed E-state index contributed by atoms with van der Waals surface area (Å²) in [5, 5.41) is 0.833. The fourth-order valence-corrected chi connectivity index (χ4v) is 1.74. The van der Waals surface area contributed by atoms with Gasteiger partial charge in [-0.2, -0.15) is 0 Å². The van der Waals surface area contributed by atoms with Gasteiger partial charge in [0.1, 0.15) is 0 Å². The van der Waals surface area contributed by atoms with Gasteiger partial charge in [0.15, 0.2) is 0 Å². The zero-order chi connectivity index (χ0) is 11.3. The van der Waals surface area contributed by atoms with E-state index >= 15 is 0 Å². The predicted molar refractivity (Wildman–Crippen MR) is 66.0 cm³/mol. The Morgan fingerprint density at radius 3 is 2.47 bits per heavy atom. The molecule has 0 saturated heterocycles. The molecule has 0 radical (unpaired) electrons. The van der Waals surface area contributed by atoms with Crippen LogP contribution in [0.15, 0.2) is 18.2 Å². The average molecular weight is 227 g/mol. The lowest BCUT2D eigenvalue weighted by atomic mass is 10.1. The largest absolute Gasteiger partial charge is 0.326 e. The smallest absolute Gasteiger partial charge is 0.0451 e. The van der Waals surface area contributed by atoms with E-state index in [1.54, 1.807) is 0 Å². The van der Waals surface area contributed by atoms with E-state index in [9.17, 15) is 0 Å². The topological polar surface area (TPSA) is 29.3 Å². The highest BCUT2D eigenvalue weighted by molar-refractivity contribution is 6.31. The van der Waals surface area contributed by atoms with Crippen molar-refractivity contribution >= 4 is 11.6 Å². The minimum absolute atomic E-state index is 0.572. The quantitative estimate of drug-likeness (QED) is 0.837. The Morgan fingerprint density at radius 2 is 1.93 bits per heavy atom. The molecule has 0 atom stereocenters. The van der Waals surface area contributed by atoms with Crippen molar-refractivity contribution in [3.8, 4) is 0 Å². The minimum atomic E-state index is 0.572. The van der Waals surface area contributed by atoms with Gasteiger partial charge >= 0.3 is 0 Å². The molecule has 0 aliphatic heterocycles. The molecule has 2 N–H and O–H groups in total. The van der Waals surface area contributed by atoms with Gasteiger partial charge in [-0.1, -0.05) is 37.6 Å². The molecule has 0 fully saturated rings. The summed E-state index contributed by atoms with van der Waals surface area (Å²) in [5.41, 5.74) is 7.92. The molecular weight excluding hydrogens is 208 g/mol. The van der Waals surface area contributed by atoms with E-state index in [0.717, 1.165) is 30.2 Å². The highest BCUT2D eigenvalue weighted by Gasteiger charge is 2.05. The molecule has 1 aromatic rings. The summed E-state index contributed by atoms with van der Waals surface area (Å²) in [6, 6.07) is 6.01. The van der Waals surface area contributed by atoms with Crippen LogP contribution in [-0.4, -0.2) is 18.0 Å². The minimum Gasteiger partial charge on any atom is -0.326 e. The Hall–Kier alpha value is -0.570. The highest BCUT2D eigenvalue weighted by atomic mass is 35.5. The fraction of sp³-hybridized carbons (Fsp3) is 0.500. The van der Waals surface area contributed by atoms with E-state index in [4.69, 9.17) is 17.3 Å². The van der Waals surface area contributed by atoms with Crippen molar-refractivity contribution in [2.45, 2.75) is 26.9 Å². The first-order chi connectivity index (χ1) is 7.21. The van der Waals surface area contributed by atoms with Gasteiger partial charge in [-0.05, 0) is 30.3 Å². The van der Waals surface area contributed by atoms with Crippen LogP contribution in [0.2, 0.25) is 5.02 Å². The second kappa shape index (κ2) is 6.11. The SMILES string of the molecule is CCN(CC)Cc1cc(CN)ccc1Cl. The molecule has 0 aromatic heterocycles. The monoisotopic (exact) mass is 226 g/mol. The fourth-order valence-electron chi connectivity index (χ4n) is 1.56. The van der Waals surface area contributed by atoms with Gasteiger partial charge in [-0.15, -0.1) is 0 Å². The number of benzene rings is 1. The lowest BCUT2D eigenvalue weighted by Crippen LogP contribution is -2.22. The zero-order valence-corrected chi connectivity index (χ0v) is 10.2. The lowest BCUT2D eigenvalue weighted by molar-refractivity contribution is 0.296. The van der Waals surface area contributed by atoms with Crippen LogP contribution in [0.3, 0.4) is 0 Å². The number of rotatable bonds is 5. The first-order valence-electron chi connectivity index (χ1n) is 5.41. The number of nitrogens with zero attached hydrogens (tertiary/aromatic N) is 1. The second-order valence-electron chi connectivity index (χ2n) is 3.59. The predicted octanol–water partition coefficient (Wildman–Crippen LogP) is 2.64. The summed E-state index contributed by atoms with van der Waals surface area (Å²) in [6.45, 7) is 7.87. The first kappa shape index (κ1) is 12.5.